The highest BCUT2D eigenvalue weighted by Gasteiger charge is 2.12. The predicted molar refractivity (Wildman–Crippen MR) is 76.8 cm³/mol. The van der Waals surface area contributed by atoms with E-state index in [2.05, 4.69) is 12.0 Å². The standard InChI is InChI=1S/C15H19N3O/c1-5-13-9(2)17-18(10(13)3)12-6-7-14(11(4)19)15(16)8-12/h6-8H,5,16H2,1-4H3. The number of nitrogens with two attached hydrogens (primary N) is 1. The Morgan fingerprint density at radius 3 is 2.53 bits per heavy atom. The summed E-state index contributed by atoms with van der Waals surface area (Å²) < 4.78 is 1.88. The second-order valence-electron chi connectivity index (χ2n) is 4.74. The highest BCUT2D eigenvalue weighted by Crippen LogP contribution is 2.22. The van der Waals surface area contributed by atoms with Gasteiger partial charge in [0.25, 0.3) is 0 Å². The van der Waals surface area contributed by atoms with Gasteiger partial charge in [-0.2, -0.15) is 5.10 Å². The van der Waals surface area contributed by atoms with E-state index in [1.807, 2.05) is 24.6 Å². The number of nitrogens with zero attached hydrogens (tertiary/aromatic N) is 2. The second kappa shape index (κ2) is 4.88. The van der Waals surface area contributed by atoms with E-state index in [-0.39, 0.29) is 5.78 Å². The number of ketones is 1. The normalized spacial score (nSPS) is 10.7. The van der Waals surface area contributed by atoms with Crippen LogP contribution in [0.4, 0.5) is 5.69 Å². The lowest BCUT2D eigenvalue weighted by Gasteiger charge is -2.08. The second-order valence-corrected chi connectivity index (χ2v) is 4.74. The van der Waals surface area contributed by atoms with Gasteiger partial charge in [0.2, 0.25) is 0 Å². The van der Waals surface area contributed by atoms with E-state index in [9.17, 15) is 4.79 Å². The molecule has 0 aliphatic heterocycles. The van der Waals surface area contributed by atoms with Gasteiger partial charge in [0.15, 0.2) is 5.78 Å². The molecule has 2 rings (SSSR count). The number of aromatic nitrogens is 2. The predicted octanol–water partition coefficient (Wildman–Crippen LogP) is 2.84. The molecule has 0 amide bonds. The monoisotopic (exact) mass is 257 g/mol. The highest BCUT2D eigenvalue weighted by molar-refractivity contribution is 5.99. The number of hydrogen-bond acceptors (Lipinski definition) is 3. The quantitative estimate of drug-likeness (QED) is 0.679. The van der Waals surface area contributed by atoms with E-state index < -0.39 is 0 Å². The van der Waals surface area contributed by atoms with Crippen molar-refractivity contribution in [2.45, 2.75) is 34.1 Å². The van der Waals surface area contributed by atoms with Crippen molar-refractivity contribution in [3.05, 3.63) is 40.7 Å². The number of nitrogen functional groups attached to an aromatic ring is 1. The molecule has 0 saturated carbocycles. The van der Waals surface area contributed by atoms with Crippen molar-refractivity contribution in [3.63, 3.8) is 0 Å². The summed E-state index contributed by atoms with van der Waals surface area (Å²) >= 11 is 0. The Morgan fingerprint density at radius 1 is 1.37 bits per heavy atom. The first kappa shape index (κ1) is 13.3. The van der Waals surface area contributed by atoms with Gasteiger partial charge < -0.3 is 5.73 Å². The van der Waals surface area contributed by atoms with E-state index in [0.29, 0.717) is 11.3 Å². The van der Waals surface area contributed by atoms with Gasteiger partial charge in [0, 0.05) is 16.9 Å². The molecule has 0 aliphatic carbocycles. The first-order chi connectivity index (χ1) is 8.95. The van der Waals surface area contributed by atoms with Crippen molar-refractivity contribution in [2.24, 2.45) is 0 Å². The molecule has 19 heavy (non-hydrogen) atoms. The summed E-state index contributed by atoms with van der Waals surface area (Å²) in [7, 11) is 0. The van der Waals surface area contributed by atoms with Gasteiger partial charge in [-0.05, 0) is 51.0 Å². The fourth-order valence-electron chi connectivity index (χ4n) is 2.44. The Labute approximate surface area is 113 Å². The van der Waals surface area contributed by atoms with Gasteiger partial charge >= 0.3 is 0 Å². The van der Waals surface area contributed by atoms with Crippen LogP contribution in [0.5, 0.6) is 0 Å². The number of Topliss-reactive ketones (excluding diaryl/α,β-unsaturated/α-hetero) is 1. The molecule has 100 valence electrons. The van der Waals surface area contributed by atoms with E-state index in [0.717, 1.165) is 23.5 Å². The first-order valence-electron chi connectivity index (χ1n) is 6.41. The Kier molecular flexibility index (Phi) is 3.42. The summed E-state index contributed by atoms with van der Waals surface area (Å²) in [4.78, 5) is 11.4. The molecule has 1 aromatic carbocycles. The van der Waals surface area contributed by atoms with Crippen molar-refractivity contribution >= 4 is 11.5 Å². The Bertz CT molecular complexity index is 641. The average molecular weight is 257 g/mol. The molecule has 1 heterocycles. The third kappa shape index (κ3) is 2.26. The van der Waals surface area contributed by atoms with E-state index in [1.54, 1.807) is 12.1 Å². The van der Waals surface area contributed by atoms with Crippen LogP contribution in [0.2, 0.25) is 0 Å². The van der Waals surface area contributed by atoms with Crippen LogP contribution in [0.1, 0.15) is 41.2 Å². The van der Waals surface area contributed by atoms with Crippen molar-refractivity contribution in [3.8, 4) is 5.69 Å². The van der Waals surface area contributed by atoms with Crippen molar-refractivity contribution in [1.29, 1.82) is 0 Å². The van der Waals surface area contributed by atoms with Crippen molar-refractivity contribution < 1.29 is 4.79 Å². The smallest absolute Gasteiger partial charge is 0.161 e. The minimum absolute atomic E-state index is 0.0216. The third-order valence-electron chi connectivity index (χ3n) is 3.45. The fraction of sp³-hybridized carbons (Fsp3) is 0.333. The molecule has 4 heteroatoms. The van der Waals surface area contributed by atoms with Gasteiger partial charge in [-0.3, -0.25) is 4.79 Å². The largest absolute Gasteiger partial charge is 0.398 e. The van der Waals surface area contributed by atoms with E-state index >= 15 is 0 Å². The SMILES string of the molecule is CCc1c(C)nn(-c2ccc(C(C)=O)c(N)c2)c1C. The molecule has 0 aliphatic rings. The van der Waals surface area contributed by atoms with Crippen LogP contribution in [0, 0.1) is 13.8 Å². The lowest BCUT2D eigenvalue weighted by atomic mass is 10.1. The zero-order valence-electron chi connectivity index (χ0n) is 11.8. The number of carbonyl (C=O) groups excluding carboxylic acids is 1. The maximum Gasteiger partial charge on any atom is 0.161 e. The van der Waals surface area contributed by atoms with Crippen LogP contribution in [0.25, 0.3) is 5.69 Å². The molecule has 2 aromatic rings. The lowest BCUT2D eigenvalue weighted by Crippen LogP contribution is -2.04. The molecule has 0 saturated heterocycles. The summed E-state index contributed by atoms with van der Waals surface area (Å²) in [5.41, 5.74) is 11.3. The van der Waals surface area contributed by atoms with Crippen LogP contribution in [0.3, 0.4) is 0 Å². The van der Waals surface area contributed by atoms with Gasteiger partial charge in [-0.15, -0.1) is 0 Å². The summed E-state index contributed by atoms with van der Waals surface area (Å²) in [6.45, 7) is 7.70. The van der Waals surface area contributed by atoms with Crippen molar-refractivity contribution in [2.75, 3.05) is 5.73 Å². The van der Waals surface area contributed by atoms with Crippen LogP contribution in [-0.2, 0) is 6.42 Å². The molecular weight excluding hydrogens is 238 g/mol. The number of carbonyl (C=O) groups is 1. The maximum absolute atomic E-state index is 11.4. The number of aryl methyl sites for hydroxylation is 1. The van der Waals surface area contributed by atoms with Crippen molar-refractivity contribution in [1.82, 2.24) is 9.78 Å². The summed E-state index contributed by atoms with van der Waals surface area (Å²) in [6, 6.07) is 5.44. The molecule has 0 fully saturated rings. The van der Waals surface area contributed by atoms with Gasteiger partial charge in [0.1, 0.15) is 0 Å². The lowest BCUT2D eigenvalue weighted by molar-refractivity contribution is 0.101. The van der Waals surface area contributed by atoms with Crippen LogP contribution < -0.4 is 5.73 Å². The summed E-state index contributed by atoms with van der Waals surface area (Å²) in [5, 5.41) is 4.54. The average Bonchev–Trinajstić information content (AvgIpc) is 2.63. The van der Waals surface area contributed by atoms with Gasteiger partial charge in [0.05, 0.1) is 11.4 Å². The van der Waals surface area contributed by atoms with E-state index in [4.69, 9.17) is 5.73 Å². The maximum atomic E-state index is 11.4. The number of benzene rings is 1. The molecule has 0 atom stereocenters. The topological polar surface area (TPSA) is 60.9 Å². The molecule has 0 unspecified atom stereocenters. The molecule has 0 bridgehead atoms. The highest BCUT2D eigenvalue weighted by atomic mass is 16.1. The fourth-order valence-corrected chi connectivity index (χ4v) is 2.44. The summed E-state index contributed by atoms with van der Waals surface area (Å²) in [6.07, 6.45) is 0.957. The zero-order valence-corrected chi connectivity index (χ0v) is 11.8. The number of hydrogen-bond donors (Lipinski definition) is 1. The van der Waals surface area contributed by atoms with Gasteiger partial charge in [-0.1, -0.05) is 6.92 Å². The summed E-state index contributed by atoms with van der Waals surface area (Å²) in [5.74, 6) is -0.0216. The molecular formula is C15H19N3O. The van der Waals surface area contributed by atoms with Gasteiger partial charge in [-0.25, -0.2) is 4.68 Å². The Hall–Kier alpha value is -2.10. The molecule has 4 nitrogen and oxygen atoms in total. The minimum atomic E-state index is -0.0216. The Balaban J connectivity index is 2.54. The molecule has 0 spiro atoms. The van der Waals surface area contributed by atoms with Crippen LogP contribution in [0.15, 0.2) is 18.2 Å². The van der Waals surface area contributed by atoms with E-state index in [1.165, 1.54) is 12.5 Å². The molecule has 0 radical (unpaired) electrons. The van der Waals surface area contributed by atoms with Crippen LogP contribution >= 0.6 is 0 Å². The Morgan fingerprint density at radius 2 is 2.05 bits per heavy atom. The number of rotatable bonds is 3. The third-order valence-corrected chi connectivity index (χ3v) is 3.45. The number of anilines is 1. The molecule has 2 N–H and O–H groups in total. The zero-order chi connectivity index (χ0) is 14.2. The minimum Gasteiger partial charge on any atom is -0.398 e. The molecule has 1 aromatic heterocycles. The van der Waals surface area contributed by atoms with Crippen LogP contribution in [-0.4, -0.2) is 15.6 Å². The first-order valence-corrected chi connectivity index (χ1v) is 6.41.